The van der Waals surface area contributed by atoms with E-state index < -0.39 is 22.0 Å². The van der Waals surface area contributed by atoms with Gasteiger partial charge in [-0.15, -0.1) is 0 Å². The quantitative estimate of drug-likeness (QED) is 0.832. The van der Waals surface area contributed by atoms with Crippen LogP contribution in [0.25, 0.3) is 0 Å². The van der Waals surface area contributed by atoms with Gasteiger partial charge in [-0.05, 0) is 49.4 Å². The average molecular weight is 383 g/mol. The number of halogens is 1. The lowest BCUT2D eigenvalue weighted by Crippen LogP contribution is -2.45. The maximum atomic E-state index is 12.5. The van der Waals surface area contributed by atoms with Gasteiger partial charge in [0, 0.05) is 10.7 Å². The van der Waals surface area contributed by atoms with Crippen molar-refractivity contribution in [2.75, 3.05) is 23.0 Å². The maximum Gasteiger partial charge on any atom is 0.247 e. The molecular weight excluding hydrogens is 364 g/mol. The summed E-state index contributed by atoms with van der Waals surface area (Å²) in [7, 11) is -2.14. The predicted molar refractivity (Wildman–Crippen MR) is 99.9 cm³/mol. The molecule has 2 aromatic rings. The summed E-state index contributed by atoms with van der Waals surface area (Å²) < 4.78 is 30.5. The van der Waals surface area contributed by atoms with E-state index in [1.807, 2.05) is 0 Å². The van der Waals surface area contributed by atoms with Crippen LogP contribution in [0.5, 0.6) is 5.75 Å². The number of amides is 1. The van der Waals surface area contributed by atoms with Crippen molar-refractivity contribution in [2.45, 2.75) is 13.0 Å². The van der Waals surface area contributed by atoms with Gasteiger partial charge in [-0.3, -0.25) is 9.10 Å². The van der Waals surface area contributed by atoms with E-state index in [2.05, 4.69) is 5.32 Å². The first kappa shape index (κ1) is 19.1. The fraction of sp³-hybridized carbons (Fsp3) is 0.235. The maximum absolute atomic E-state index is 12.5. The van der Waals surface area contributed by atoms with Gasteiger partial charge in [0.25, 0.3) is 0 Å². The second-order valence-corrected chi connectivity index (χ2v) is 7.73. The molecule has 0 radical (unpaired) electrons. The lowest BCUT2D eigenvalue weighted by Gasteiger charge is -2.28. The monoisotopic (exact) mass is 382 g/mol. The van der Waals surface area contributed by atoms with Gasteiger partial charge in [-0.2, -0.15) is 0 Å². The van der Waals surface area contributed by atoms with Crippen LogP contribution in [-0.4, -0.2) is 33.7 Å². The van der Waals surface area contributed by atoms with E-state index in [0.29, 0.717) is 22.1 Å². The molecule has 0 spiro atoms. The fourth-order valence-corrected chi connectivity index (χ4v) is 3.69. The van der Waals surface area contributed by atoms with Gasteiger partial charge in [0.15, 0.2) is 0 Å². The first-order valence-corrected chi connectivity index (χ1v) is 9.65. The number of methoxy groups -OCH3 is 1. The number of carbonyl (C=O) groups excluding carboxylic acids is 1. The van der Waals surface area contributed by atoms with Crippen LogP contribution in [0.3, 0.4) is 0 Å². The Morgan fingerprint density at radius 1 is 1.20 bits per heavy atom. The molecule has 0 saturated heterocycles. The van der Waals surface area contributed by atoms with Crippen LogP contribution in [0, 0.1) is 0 Å². The number of hydrogen-bond donors (Lipinski definition) is 1. The normalized spacial score (nSPS) is 12.3. The Bertz CT molecular complexity index is 853. The van der Waals surface area contributed by atoms with Crippen LogP contribution >= 0.6 is 11.6 Å². The number of sulfonamides is 1. The van der Waals surface area contributed by atoms with Crippen molar-refractivity contribution in [2.24, 2.45) is 0 Å². The smallest absolute Gasteiger partial charge is 0.247 e. The second-order valence-electron chi connectivity index (χ2n) is 5.43. The number of nitrogens with one attached hydrogen (secondary N) is 1. The minimum atomic E-state index is -3.69. The topological polar surface area (TPSA) is 75.7 Å². The molecule has 0 unspecified atom stereocenters. The van der Waals surface area contributed by atoms with Crippen molar-refractivity contribution in [3.05, 3.63) is 53.6 Å². The van der Waals surface area contributed by atoms with Gasteiger partial charge in [0.2, 0.25) is 15.9 Å². The van der Waals surface area contributed by atoms with Crippen molar-refractivity contribution in [1.29, 1.82) is 0 Å². The second kappa shape index (κ2) is 7.76. The molecule has 0 aliphatic heterocycles. The number of benzene rings is 2. The van der Waals surface area contributed by atoms with E-state index >= 15 is 0 Å². The van der Waals surface area contributed by atoms with Crippen molar-refractivity contribution in [1.82, 2.24) is 0 Å². The van der Waals surface area contributed by atoms with Crippen LogP contribution in [0.1, 0.15) is 6.92 Å². The summed E-state index contributed by atoms with van der Waals surface area (Å²) in [5.74, 6) is 0.193. The number of hydrogen-bond acceptors (Lipinski definition) is 4. The molecule has 25 heavy (non-hydrogen) atoms. The molecule has 0 aliphatic rings. The molecule has 0 bridgehead atoms. The molecule has 6 nitrogen and oxygen atoms in total. The highest BCUT2D eigenvalue weighted by Gasteiger charge is 2.29. The molecular formula is C17H19ClN2O4S. The van der Waals surface area contributed by atoms with E-state index in [9.17, 15) is 13.2 Å². The molecule has 2 rings (SSSR count). The first-order chi connectivity index (χ1) is 11.7. The third-order valence-electron chi connectivity index (χ3n) is 3.51. The molecule has 0 saturated carbocycles. The number of anilines is 2. The highest BCUT2D eigenvalue weighted by molar-refractivity contribution is 7.92. The molecule has 0 aromatic heterocycles. The first-order valence-electron chi connectivity index (χ1n) is 7.42. The lowest BCUT2D eigenvalue weighted by molar-refractivity contribution is -0.116. The summed E-state index contributed by atoms with van der Waals surface area (Å²) in [6, 6.07) is 12.1. The Morgan fingerprint density at radius 2 is 1.84 bits per heavy atom. The van der Waals surface area contributed by atoms with Crippen molar-refractivity contribution in [3.8, 4) is 5.75 Å². The van der Waals surface area contributed by atoms with Crippen LogP contribution in [-0.2, 0) is 14.8 Å². The summed E-state index contributed by atoms with van der Waals surface area (Å²) in [5, 5.41) is 3.08. The zero-order valence-corrected chi connectivity index (χ0v) is 15.6. The van der Waals surface area contributed by atoms with E-state index in [4.69, 9.17) is 16.3 Å². The van der Waals surface area contributed by atoms with Gasteiger partial charge >= 0.3 is 0 Å². The molecule has 1 atom stereocenters. The minimum absolute atomic E-state index is 0.326. The third kappa shape index (κ3) is 4.87. The molecule has 0 fully saturated rings. The Labute approximate surface area is 152 Å². The summed E-state index contributed by atoms with van der Waals surface area (Å²) in [4.78, 5) is 12.5. The lowest BCUT2D eigenvalue weighted by atomic mass is 10.2. The SMILES string of the molecule is COc1ccc(NC(=O)[C@H](C)N(c2cccc(Cl)c2)S(C)(=O)=O)cc1. The molecule has 2 aromatic carbocycles. The average Bonchev–Trinajstić information content (AvgIpc) is 2.54. The van der Waals surface area contributed by atoms with E-state index in [0.717, 1.165) is 10.6 Å². The number of carbonyl (C=O) groups is 1. The Kier molecular flexibility index (Phi) is 5.92. The molecule has 134 valence electrons. The zero-order valence-electron chi connectivity index (χ0n) is 14.1. The molecule has 8 heteroatoms. The van der Waals surface area contributed by atoms with Gasteiger partial charge in [0.05, 0.1) is 19.1 Å². The van der Waals surface area contributed by atoms with Crippen molar-refractivity contribution < 1.29 is 17.9 Å². The van der Waals surface area contributed by atoms with Crippen LogP contribution in [0.15, 0.2) is 48.5 Å². The van der Waals surface area contributed by atoms with Gasteiger partial charge in [-0.1, -0.05) is 17.7 Å². The number of nitrogens with zero attached hydrogens (tertiary/aromatic N) is 1. The van der Waals surface area contributed by atoms with Gasteiger partial charge in [0.1, 0.15) is 11.8 Å². The largest absolute Gasteiger partial charge is 0.497 e. The van der Waals surface area contributed by atoms with Crippen LogP contribution in [0.4, 0.5) is 11.4 Å². The van der Waals surface area contributed by atoms with Crippen molar-refractivity contribution in [3.63, 3.8) is 0 Å². The van der Waals surface area contributed by atoms with Crippen LogP contribution in [0.2, 0.25) is 5.02 Å². The Balaban J connectivity index is 2.26. The molecule has 0 aliphatic carbocycles. The summed E-state index contributed by atoms with van der Waals surface area (Å²) in [5.41, 5.74) is 0.865. The Hall–Kier alpha value is -2.25. The highest BCUT2D eigenvalue weighted by atomic mass is 35.5. The van der Waals surface area contributed by atoms with Gasteiger partial charge in [-0.25, -0.2) is 8.42 Å². The molecule has 1 amide bonds. The van der Waals surface area contributed by atoms with Crippen molar-refractivity contribution >= 4 is 38.9 Å². The summed E-state index contributed by atoms with van der Waals surface area (Å²) >= 11 is 5.95. The standard InChI is InChI=1S/C17H19ClN2O4S/c1-12(17(21)19-14-7-9-16(24-2)10-8-14)20(25(3,22)23)15-6-4-5-13(18)11-15/h4-12H,1-3H3,(H,19,21)/t12-/m0/s1. The van der Waals surface area contributed by atoms with E-state index in [1.165, 1.54) is 13.0 Å². The van der Waals surface area contributed by atoms with Crippen LogP contribution < -0.4 is 14.4 Å². The molecule has 1 N–H and O–H groups in total. The van der Waals surface area contributed by atoms with E-state index in [1.54, 1.807) is 49.6 Å². The highest BCUT2D eigenvalue weighted by Crippen LogP contribution is 2.25. The number of rotatable bonds is 6. The zero-order chi connectivity index (χ0) is 18.6. The number of ether oxygens (including phenoxy) is 1. The van der Waals surface area contributed by atoms with Gasteiger partial charge < -0.3 is 10.1 Å². The molecule has 0 heterocycles. The third-order valence-corrected chi connectivity index (χ3v) is 4.99. The summed E-state index contributed by atoms with van der Waals surface area (Å²) in [6.07, 6.45) is 1.05. The Morgan fingerprint density at radius 3 is 2.36 bits per heavy atom. The van der Waals surface area contributed by atoms with E-state index in [-0.39, 0.29) is 0 Å². The minimum Gasteiger partial charge on any atom is -0.497 e. The summed E-state index contributed by atoms with van der Waals surface area (Å²) in [6.45, 7) is 1.51. The fourth-order valence-electron chi connectivity index (χ4n) is 2.34. The predicted octanol–water partition coefficient (Wildman–Crippen LogP) is 3.14.